The van der Waals surface area contributed by atoms with E-state index < -0.39 is 25.9 Å². The van der Waals surface area contributed by atoms with Gasteiger partial charge in [0.15, 0.2) is 9.84 Å². The Hall–Kier alpha value is -0.770. The standard InChI is InChI=1S/C12H18N2O4S3/c13-10-1-3-12(4-2-10)19-6-8-21(17,18)14-11-5-7-20(15,16)9-11/h1-4,11,14H,5-9,13H2. The topological polar surface area (TPSA) is 106 Å². The van der Waals surface area contributed by atoms with Crippen LogP contribution in [0.15, 0.2) is 29.2 Å². The molecule has 1 saturated heterocycles. The van der Waals surface area contributed by atoms with Crippen molar-refractivity contribution in [2.75, 3.05) is 28.7 Å². The predicted octanol–water partition coefficient (Wildman–Crippen LogP) is 0.467. The number of sulfone groups is 1. The Labute approximate surface area is 129 Å². The van der Waals surface area contributed by atoms with Crippen LogP contribution in [0.1, 0.15) is 6.42 Å². The van der Waals surface area contributed by atoms with Crippen LogP contribution in [0.3, 0.4) is 0 Å². The summed E-state index contributed by atoms with van der Waals surface area (Å²) in [6, 6.07) is 6.71. The Morgan fingerprint density at radius 3 is 2.52 bits per heavy atom. The van der Waals surface area contributed by atoms with Crippen molar-refractivity contribution in [3.8, 4) is 0 Å². The van der Waals surface area contributed by atoms with E-state index in [1.54, 1.807) is 12.1 Å². The summed E-state index contributed by atoms with van der Waals surface area (Å²) in [7, 11) is -6.53. The van der Waals surface area contributed by atoms with Crippen LogP contribution in [0.5, 0.6) is 0 Å². The van der Waals surface area contributed by atoms with Gasteiger partial charge in [-0.1, -0.05) is 0 Å². The summed E-state index contributed by atoms with van der Waals surface area (Å²) in [6.07, 6.45) is 0.354. The Morgan fingerprint density at radius 1 is 1.29 bits per heavy atom. The lowest BCUT2D eigenvalue weighted by molar-refractivity contribution is 0.564. The molecule has 1 aliphatic rings. The molecule has 3 N–H and O–H groups in total. The molecule has 118 valence electrons. The monoisotopic (exact) mass is 350 g/mol. The molecule has 2 rings (SSSR count). The highest BCUT2D eigenvalue weighted by Crippen LogP contribution is 2.19. The summed E-state index contributed by atoms with van der Waals surface area (Å²) in [6.45, 7) is 0. The third-order valence-electron chi connectivity index (χ3n) is 3.08. The number of benzene rings is 1. The summed E-state index contributed by atoms with van der Waals surface area (Å²) in [5, 5.41) is 0. The summed E-state index contributed by atoms with van der Waals surface area (Å²) in [5.41, 5.74) is 6.24. The molecule has 1 fully saturated rings. The van der Waals surface area contributed by atoms with Crippen LogP contribution >= 0.6 is 11.8 Å². The SMILES string of the molecule is Nc1ccc(SCCS(=O)(=O)NC2CCS(=O)(=O)C2)cc1. The molecule has 1 aromatic rings. The number of nitrogens with two attached hydrogens (primary N) is 1. The van der Waals surface area contributed by atoms with Crippen molar-refractivity contribution < 1.29 is 16.8 Å². The van der Waals surface area contributed by atoms with Gasteiger partial charge in [-0.25, -0.2) is 21.6 Å². The van der Waals surface area contributed by atoms with E-state index in [9.17, 15) is 16.8 Å². The minimum atomic E-state index is -3.45. The van der Waals surface area contributed by atoms with Crippen LogP contribution in [0.2, 0.25) is 0 Å². The first-order valence-corrected chi connectivity index (χ1v) is 10.9. The van der Waals surface area contributed by atoms with Crippen molar-refractivity contribution in [3.05, 3.63) is 24.3 Å². The average molecular weight is 350 g/mol. The third kappa shape index (κ3) is 5.50. The molecule has 0 bridgehead atoms. The van der Waals surface area contributed by atoms with Crippen LogP contribution in [0.4, 0.5) is 5.69 Å². The fourth-order valence-corrected chi connectivity index (χ4v) is 6.42. The zero-order valence-corrected chi connectivity index (χ0v) is 13.8. The normalized spacial score (nSPS) is 21.4. The maximum Gasteiger partial charge on any atom is 0.212 e. The molecule has 0 aromatic heterocycles. The van der Waals surface area contributed by atoms with E-state index in [4.69, 9.17) is 5.73 Å². The largest absolute Gasteiger partial charge is 0.399 e. The Bertz CT molecular complexity index is 684. The van der Waals surface area contributed by atoms with Crippen molar-refractivity contribution >= 4 is 37.3 Å². The zero-order chi connectivity index (χ0) is 15.5. The lowest BCUT2D eigenvalue weighted by Crippen LogP contribution is -2.37. The molecule has 1 unspecified atom stereocenters. The quantitative estimate of drug-likeness (QED) is 0.570. The molecule has 0 radical (unpaired) electrons. The smallest absolute Gasteiger partial charge is 0.212 e. The lowest BCUT2D eigenvalue weighted by atomic mass is 10.3. The van der Waals surface area contributed by atoms with Gasteiger partial charge in [0.2, 0.25) is 10.0 Å². The van der Waals surface area contributed by atoms with E-state index in [-0.39, 0.29) is 17.3 Å². The molecule has 0 amide bonds. The van der Waals surface area contributed by atoms with Crippen LogP contribution in [0.25, 0.3) is 0 Å². The molecule has 1 atom stereocenters. The van der Waals surface area contributed by atoms with Gasteiger partial charge in [0.25, 0.3) is 0 Å². The molecule has 0 spiro atoms. The summed E-state index contributed by atoms with van der Waals surface area (Å²) < 4.78 is 48.9. The Kier molecular flexibility index (Phi) is 5.18. The second-order valence-electron chi connectivity index (χ2n) is 4.95. The number of hydrogen-bond donors (Lipinski definition) is 2. The predicted molar refractivity (Wildman–Crippen MR) is 85.6 cm³/mol. The van der Waals surface area contributed by atoms with E-state index in [0.29, 0.717) is 17.9 Å². The van der Waals surface area contributed by atoms with Gasteiger partial charge in [-0.2, -0.15) is 0 Å². The minimum absolute atomic E-state index is 0.0431. The first kappa shape index (κ1) is 16.6. The van der Waals surface area contributed by atoms with Gasteiger partial charge >= 0.3 is 0 Å². The van der Waals surface area contributed by atoms with Gasteiger partial charge in [0.1, 0.15) is 0 Å². The molecule has 21 heavy (non-hydrogen) atoms. The van der Waals surface area contributed by atoms with Crippen molar-refractivity contribution in [2.24, 2.45) is 0 Å². The number of anilines is 1. The van der Waals surface area contributed by atoms with Gasteiger partial charge in [0.05, 0.1) is 17.3 Å². The number of sulfonamides is 1. The van der Waals surface area contributed by atoms with Crippen molar-refractivity contribution in [2.45, 2.75) is 17.4 Å². The Morgan fingerprint density at radius 2 is 1.95 bits per heavy atom. The molecule has 0 aliphatic carbocycles. The van der Waals surface area contributed by atoms with Gasteiger partial charge in [-0.15, -0.1) is 11.8 Å². The molecule has 9 heteroatoms. The highest BCUT2D eigenvalue weighted by molar-refractivity contribution is 8.00. The van der Waals surface area contributed by atoms with Crippen LogP contribution in [-0.2, 0) is 19.9 Å². The zero-order valence-electron chi connectivity index (χ0n) is 11.4. The molecular weight excluding hydrogens is 332 g/mol. The fourth-order valence-electron chi connectivity index (χ4n) is 2.03. The number of thioether (sulfide) groups is 1. The van der Waals surface area contributed by atoms with E-state index in [2.05, 4.69) is 4.72 Å². The summed E-state index contributed by atoms with van der Waals surface area (Å²) in [5.74, 6) is 0.315. The Balaban J connectivity index is 1.80. The van der Waals surface area contributed by atoms with Crippen molar-refractivity contribution in [1.29, 1.82) is 0 Å². The second kappa shape index (κ2) is 6.55. The molecule has 1 aliphatic heterocycles. The second-order valence-corrected chi connectivity index (χ2v) is 10.2. The average Bonchev–Trinajstić information content (AvgIpc) is 2.70. The van der Waals surface area contributed by atoms with Gasteiger partial charge < -0.3 is 5.73 Å². The number of nitrogen functional groups attached to an aromatic ring is 1. The maximum atomic E-state index is 11.9. The highest BCUT2D eigenvalue weighted by atomic mass is 32.2. The van der Waals surface area contributed by atoms with Crippen molar-refractivity contribution in [1.82, 2.24) is 4.72 Å². The van der Waals surface area contributed by atoms with Crippen LogP contribution < -0.4 is 10.5 Å². The fraction of sp³-hybridized carbons (Fsp3) is 0.500. The van der Waals surface area contributed by atoms with Crippen LogP contribution in [0, 0.1) is 0 Å². The van der Waals surface area contributed by atoms with E-state index in [1.807, 2.05) is 12.1 Å². The maximum absolute atomic E-state index is 11.9. The first-order chi connectivity index (χ1) is 9.76. The molecule has 0 saturated carbocycles. The van der Waals surface area contributed by atoms with Gasteiger partial charge in [0, 0.05) is 22.4 Å². The molecule has 6 nitrogen and oxygen atoms in total. The van der Waals surface area contributed by atoms with Gasteiger partial charge in [-0.3, -0.25) is 0 Å². The molecule has 1 aromatic carbocycles. The third-order valence-corrected chi connectivity index (χ3v) is 7.55. The molecular formula is C12H18N2O4S3. The van der Waals surface area contributed by atoms with E-state index >= 15 is 0 Å². The van der Waals surface area contributed by atoms with Crippen molar-refractivity contribution in [3.63, 3.8) is 0 Å². The minimum Gasteiger partial charge on any atom is -0.399 e. The highest BCUT2D eigenvalue weighted by Gasteiger charge is 2.30. The number of nitrogens with one attached hydrogen (secondary N) is 1. The van der Waals surface area contributed by atoms with Crippen LogP contribution in [-0.4, -0.2) is 45.9 Å². The van der Waals surface area contributed by atoms with E-state index in [1.165, 1.54) is 11.8 Å². The van der Waals surface area contributed by atoms with Gasteiger partial charge in [-0.05, 0) is 30.7 Å². The lowest BCUT2D eigenvalue weighted by Gasteiger charge is -2.11. The summed E-state index contributed by atoms with van der Waals surface area (Å²) >= 11 is 1.42. The molecule has 1 heterocycles. The number of hydrogen-bond acceptors (Lipinski definition) is 6. The first-order valence-electron chi connectivity index (χ1n) is 6.44. The van der Waals surface area contributed by atoms with E-state index in [0.717, 1.165) is 4.90 Å². The summed E-state index contributed by atoms with van der Waals surface area (Å²) in [4.78, 5) is 0.947. The number of rotatable bonds is 6.